The first kappa shape index (κ1) is 17.0. The summed E-state index contributed by atoms with van der Waals surface area (Å²) in [4.78, 5) is 9.05. The molecule has 8 heteroatoms. The Bertz CT molecular complexity index is 1040. The number of sulfone groups is 1. The Morgan fingerprint density at radius 3 is 2.77 bits per heavy atom. The van der Waals surface area contributed by atoms with Crippen LogP contribution < -0.4 is 10.1 Å². The number of nitrogens with zero attached hydrogens (tertiary/aromatic N) is 3. The van der Waals surface area contributed by atoms with Gasteiger partial charge in [0.05, 0.1) is 10.4 Å². The number of hydrogen-bond donors (Lipinski definition) is 1. The molecule has 0 radical (unpaired) electrons. The Morgan fingerprint density at radius 2 is 2.00 bits per heavy atom. The molecule has 136 valence electrons. The molecule has 26 heavy (non-hydrogen) atoms. The first-order chi connectivity index (χ1) is 12.5. The van der Waals surface area contributed by atoms with E-state index < -0.39 is 9.84 Å². The van der Waals surface area contributed by atoms with Crippen LogP contribution >= 0.6 is 0 Å². The van der Waals surface area contributed by atoms with E-state index in [9.17, 15) is 8.42 Å². The van der Waals surface area contributed by atoms with Gasteiger partial charge < -0.3 is 14.6 Å². The topological polar surface area (TPSA) is 86.1 Å². The number of ether oxygens (including phenoxy) is 1. The minimum Gasteiger partial charge on any atom is -0.460 e. The van der Waals surface area contributed by atoms with Crippen molar-refractivity contribution in [2.24, 2.45) is 0 Å². The number of piperidine rings is 1. The minimum atomic E-state index is -3.23. The molecular formula is C18H20N4O3S. The molecule has 1 aliphatic rings. The lowest BCUT2D eigenvalue weighted by Crippen LogP contribution is -2.34. The largest absolute Gasteiger partial charge is 0.460 e. The average Bonchev–Trinajstić information content (AvgIpc) is 3.05. The van der Waals surface area contributed by atoms with Crippen LogP contribution in [0.15, 0.2) is 47.6 Å². The third-order valence-corrected chi connectivity index (χ3v) is 5.62. The van der Waals surface area contributed by atoms with Crippen molar-refractivity contribution in [2.75, 3.05) is 19.3 Å². The summed E-state index contributed by atoms with van der Waals surface area (Å²) in [6.07, 6.45) is 6.76. The van der Waals surface area contributed by atoms with Gasteiger partial charge in [-0.15, -0.1) is 0 Å². The fraction of sp³-hybridized carbons (Fsp3) is 0.333. The number of aromatic nitrogens is 3. The molecule has 4 rings (SSSR count). The molecule has 1 N–H and O–H groups in total. The molecule has 0 atom stereocenters. The molecule has 0 saturated carbocycles. The molecule has 2 aromatic heterocycles. The van der Waals surface area contributed by atoms with Gasteiger partial charge >= 0.3 is 6.01 Å². The third kappa shape index (κ3) is 3.42. The second kappa shape index (κ2) is 6.69. The standard InChI is InChI=1S/C18H20N4O3S/c1-26(23,24)15-2-3-16-13(12-15)7-11-22(16)17-6-10-20-18(21-17)25-14-4-8-19-9-5-14/h2-3,6-7,10-12,14,19H,4-5,8-9H2,1H3. The molecule has 7 nitrogen and oxygen atoms in total. The Hall–Kier alpha value is -2.45. The maximum Gasteiger partial charge on any atom is 0.318 e. The van der Waals surface area contributed by atoms with E-state index in [-0.39, 0.29) is 6.10 Å². The highest BCUT2D eigenvalue weighted by atomic mass is 32.2. The lowest BCUT2D eigenvalue weighted by molar-refractivity contribution is 0.149. The molecule has 1 aromatic carbocycles. The second-order valence-electron chi connectivity index (χ2n) is 6.44. The van der Waals surface area contributed by atoms with Crippen molar-refractivity contribution in [3.63, 3.8) is 0 Å². The Balaban J connectivity index is 1.66. The van der Waals surface area contributed by atoms with E-state index in [2.05, 4.69) is 15.3 Å². The lowest BCUT2D eigenvalue weighted by atomic mass is 10.1. The van der Waals surface area contributed by atoms with Crippen molar-refractivity contribution in [2.45, 2.75) is 23.8 Å². The van der Waals surface area contributed by atoms with Gasteiger partial charge in [-0.1, -0.05) is 0 Å². The van der Waals surface area contributed by atoms with Gasteiger partial charge in [0.15, 0.2) is 9.84 Å². The molecule has 0 aliphatic carbocycles. The van der Waals surface area contributed by atoms with E-state index in [1.807, 2.05) is 16.8 Å². The second-order valence-corrected chi connectivity index (χ2v) is 8.46. The van der Waals surface area contributed by atoms with E-state index >= 15 is 0 Å². The molecule has 1 fully saturated rings. The Morgan fingerprint density at radius 1 is 1.19 bits per heavy atom. The summed E-state index contributed by atoms with van der Waals surface area (Å²) in [6.45, 7) is 1.88. The molecule has 0 amide bonds. The SMILES string of the molecule is CS(=O)(=O)c1ccc2c(ccn2-c2ccnc(OC3CCNCC3)n2)c1. The molecular weight excluding hydrogens is 352 g/mol. The van der Waals surface area contributed by atoms with E-state index in [1.54, 1.807) is 30.5 Å². The highest BCUT2D eigenvalue weighted by molar-refractivity contribution is 7.90. The summed E-state index contributed by atoms with van der Waals surface area (Å²) < 4.78 is 31.3. The van der Waals surface area contributed by atoms with E-state index in [1.165, 1.54) is 6.26 Å². The average molecular weight is 372 g/mol. The summed E-state index contributed by atoms with van der Waals surface area (Å²) >= 11 is 0. The van der Waals surface area contributed by atoms with Crippen LogP contribution in [0.25, 0.3) is 16.7 Å². The summed E-state index contributed by atoms with van der Waals surface area (Å²) in [5, 5.41) is 4.14. The maximum absolute atomic E-state index is 11.7. The van der Waals surface area contributed by atoms with Crippen LogP contribution in [0, 0.1) is 0 Å². The van der Waals surface area contributed by atoms with Crippen LogP contribution in [0.1, 0.15) is 12.8 Å². The minimum absolute atomic E-state index is 0.130. The molecule has 0 spiro atoms. The highest BCUT2D eigenvalue weighted by Crippen LogP contribution is 2.23. The first-order valence-electron chi connectivity index (χ1n) is 8.53. The number of rotatable bonds is 4. The van der Waals surface area contributed by atoms with Crippen LogP contribution in [0.3, 0.4) is 0 Å². The van der Waals surface area contributed by atoms with Crippen molar-refractivity contribution in [1.82, 2.24) is 19.9 Å². The zero-order chi connectivity index (χ0) is 18.1. The highest BCUT2D eigenvalue weighted by Gasteiger charge is 2.16. The number of nitrogens with one attached hydrogen (secondary N) is 1. The van der Waals surface area contributed by atoms with Crippen LogP contribution in [0.4, 0.5) is 0 Å². The monoisotopic (exact) mass is 372 g/mol. The lowest BCUT2D eigenvalue weighted by Gasteiger charge is -2.22. The quantitative estimate of drug-likeness (QED) is 0.753. The molecule has 0 unspecified atom stereocenters. The molecule has 1 aliphatic heterocycles. The Labute approximate surface area is 152 Å². The van der Waals surface area contributed by atoms with Crippen molar-refractivity contribution in [3.8, 4) is 11.8 Å². The van der Waals surface area contributed by atoms with E-state index in [0.29, 0.717) is 16.7 Å². The van der Waals surface area contributed by atoms with Gasteiger partial charge in [0.2, 0.25) is 0 Å². The van der Waals surface area contributed by atoms with Crippen molar-refractivity contribution in [3.05, 3.63) is 42.7 Å². The van der Waals surface area contributed by atoms with Crippen LogP contribution in [0.5, 0.6) is 6.01 Å². The summed E-state index contributed by atoms with van der Waals surface area (Å²) in [6, 6.07) is 9.13. The summed E-state index contributed by atoms with van der Waals surface area (Å²) in [5.41, 5.74) is 0.879. The normalized spacial score (nSPS) is 16.0. The van der Waals surface area contributed by atoms with Crippen LogP contribution in [0.2, 0.25) is 0 Å². The van der Waals surface area contributed by atoms with Gasteiger partial charge in [-0.2, -0.15) is 4.98 Å². The number of benzene rings is 1. The Kier molecular flexibility index (Phi) is 4.37. The van der Waals surface area contributed by atoms with Crippen molar-refractivity contribution < 1.29 is 13.2 Å². The molecule has 0 bridgehead atoms. The molecule has 1 saturated heterocycles. The summed E-state index contributed by atoms with van der Waals surface area (Å²) in [5.74, 6) is 0.686. The third-order valence-electron chi connectivity index (χ3n) is 4.51. The number of fused-ring (bicyclic) bond motifs is 1. The number of hydrogen-bond acceptors (Lipinski definition) is 6. The smallest absolute Gasteiger partial charge is 0.318 e. The zero-order valence-corrected chi connectivity index (χ0v) is 15.2. The van der Waals surface area contributed by atoms with Crippen molar-refractivity contribution >= 4 is 20.7 Å². The van der Waals surface area contributed by atoms with E-state index in [4.69, 9.17) is 4.74 Å². The van der Waals surface area contributed by atoms with Gasteiger partial charge in [-0.3, -0.25) is 0 Å². The molecule has 3 heterocycles. The first-order valence-corrected chi connectivity index (χ1v) is 10.4. The molecule has 3 aromatic rings. The van der Waals surface area contributed by atoms with E-state index in [0.717, 1.165) is 36.8 Å². The zero-order valence-electron chi connectivity index (χ0n) is 14.4. The summed E-state index contributed by atoms with van der Waals surface area (Å²) in [7, 11) is -3.23. The fourth-order valence-corrected chi connectivity index (χ4v) is 3.79. The van der Waals surface area contributed by atoms with Crippen molar-refractivity contribution in [1.29, 1.82) is 0 Å². The van der Waals surface area contributed by atoms with Gasteiger partial charge in [-0.25, -0.2) is 13.4 Å². The fourth-order valence-electron chi connectivity index (χ4n) is 3.14. The predicted octanol–water partition coefficient (Wildman–Crippen LogP) is 1.95. The van der Waals surface area contributed by atoms with Gasteiger partial charge in [0.1, 0.15) is 11.9 Å². The van der Waals surface area contributed by atoms with Gasteiger partial charge in [0.25, 0.3) is 0 Å². The van der Waals surface area contributed by atoms with Crippen LogP contribution in [-0.2, 0) is 9.84 Å². The van der Waals surface area contributed by atoms with Gasteiger partial charge in [0, 0.05) is 30.1 Å². The maximum atomic E-state index is 11.7. The van der Waals surface area contributed by atoms with Crippen LogP contribution in [-0.4, -0.2) is 48.4 Å². The predicted molar refractivity (Wildman–Crippen MR) is 98.5 cm³/mol. The van der Waals surface area contributed by atoms with Gasteiger partial charge in [-0.05, 0) is 50.2 Å².